The Balaban J connectivity index is 1.84. The molecule has 4 heteroatoms. The molecule has 1 fully saturated rings. The Kier molecular flexibility index (Phi) is 4.53. The van der Waals surface area contributed by atoms with E-state index in [9.17, 15) is 4.79 Å². The van der Waals surface area contributed by atoms with Crippen molar-refractivity contribution in [2.24, 2.45) is 5.92 Å². The van der Waals surface area contributed by atoms with Crippen molar-refractivity contribution >= 4 is 5.97 Å². The van der Waals surface area contributed by atoms with Crippen LogP contribution in [0.25, 0.3) is 0 Å². The fourth-order valence-corrected chi connectivity index (χ4v) is 2.56. The van der Waals surface area contributed by atoms with E-state index < -0.39 is 5.97 Å². The van der Waals surface area contributed by atoms with Gasteiger partial charge in [-0.05, 0) is 37.0 Å². The molecule has 0 aliphatic heterocycles. The zero-order chi connectivity index (χ0) is 13.7. The maximum absolute atomic E-state index is 11.0. The predicted octanol–water partition coefficient (Wildman–Crippen LogP) is 2.29. The molecule has 4 nitrogen and oxygen atoms in total. The highest BCUT2D eigenvalue weighted by molar-refractivity contribution is 5.70. The average molecular weight is 258 g/mol. The number of nitrogens with zero attached hydrogens (tertiary/aromatic N) is 1. The van der Waals surface area contributed by atoms with Crippen molar-refractivity contribution in [2.75, 3.05) is 0 Å². The molecule has 2 atom stereocenters. The quantitative estimate of drug-likeness (QED) is 0.869. The Morgan fingerprint density at radius 3 is 2.74 bits per heavy atom. The Labute approximate surface area is 113 Å². The SMILES string of the molecule is N#Cc1ccc(CNC2CCCC(C(=O)O)C2)cc1. The van der Waals surface area contributed by atoms with E-state index in [0.29, 0.717) is 12.0 Å². The summed E-state index contributed by atoms with van der Waals surface area (Å²) in [5.41, 5.74) is 1.78. The van der Waals surface area contributed by atoms with Crippen LogP contribution in [0.1, 0.15) is 36.8 Å². The van der Waals surface area contributed by atoms with Crippen LogP contribution in [0.2, 0.25) is 0 Å². The molecular formula is C15H18N2O2. The summed E-state index contributed by atoms with van der Waals surface area (Å²) in [6.07, 6.45) is 3.53. The molecule has 1 aromatic rings. The molecule has 2 rings (SSSR count). The highest BCUT2D eigenvalue weighted by Gasteiger charge is 2.26. The van der Waals surface area contributed by atoms with Crippen LogP contribution in [0.3, 0.4) is 0 Å². The van der Waals surface area contributed by atoms with Gasteiger partial charge < -0.3 is 10.4 Å². The second kappa shape index (κ2) is 6.35. The monoisotopic (exact) mass is 258 g/mol. The summed E-state index contributed by atoms with van der Waals surface area (Å²) in [4.78, 5) is 11.0. The third-order valence-electron chi connectivity index (χ3n) is 3.70. The van der Waals surface area contributed by atoms with E-state index in [0.717, 1.165) is 31.4 Å². The van der Waals surface area contributed by atoms with Gasteiger partial charge in [0, 0.05) is 12.6 Å². The Morgan fingerprint density at radius 1 is 1.37 bits per heavy atom. The summed E-state index contributed by atoms with van der Waals surface area (Å²) < 4.78 is 0. The molecule has 1 aliphatic carbocycles. The normalized spacial score (nSPS) is 22.7. The topological polar surface area (TPSA) is 73.1 Å². The fourth-order valence-electron chi connectivity index (χ4n) is 2.56. The van der Waals surface area contributed by atoms with Gasteiger partial charge in [0.1, 0.15) is 0 Å². The van der Waals surface area contributed by atoms with E-state index in [1.807, 2.05) is 12.1 Å². The van der Waals surface area contributed by atoms with E-state index in [-0.39, 0.29) is 12.0 Å². The van der Waals surface area contributed by atoms with Gasteiger partial charge in [-0.25, -0.2) is 0 Å². The van der Waals surface area contributed by atoms with Gasteiger partial charge in [-0.15, -0.1) is 0 Å². The molecule has 0 amide bonds. The van der Waals surface area contributed by atoms with Crippen LogP contribution in [-0.2, 0) is 11.3 Å². The molecule has 2 N–H and O–H groups in total. The molecule has 100 valence electrons. The van der Waals surface area contributed by atoms with Gasteiger partial charge in [0.05, 0.1) is 17.6 Å². The first kappa shape index (κ1) is 13.6. The second-order valence-electron chi connectivity index (χ2n) is 5.09. The van der Waals surface area contributed by atoms with Crippen molar-refractivity contribution in [1.29, 1.82) is 5.26 Å². The lowest BCUT2D eigenvalue weighted by Gasteiger charge is -2.27. The number of aliphatic carboxylic acids is 1. The molecule has 0 saturated heterocycles. The Morgan fingerprint density at radius 2 is 2.11 bits per heavy atom. The molecule has 19 heavy (non-hydrogen) atoms. The molecule has 1 saturated carbocycles. The van der Waals surface area contributed by atoms with Gasteiger partial charge in [0.15, 0.2) is 0 Å². The minimum absolute atomic E-state index is 0.202. The molecule has 0 bridgehead atoms. The lowest BCUT2D eigenvalue weighted by molar-refractivity contribution is -0.143. The summed E-state index contributed by atoms with van der Waals surface area (Å²) in [5.74, 6) is -0.878. The zero-order valence-corrected chi connectivity index (χ0v) is 10.8. The standard InChI is InChI=1S/C15H18N2O2/c16-9-11-4-6-12(7-5-11)10-17-14-3-1-2-13(8-14)15(18)19/h4-7,13-14,17H,1-3,8,10H2,(H,18,19). The van der Waals surface area contributed by atoms with Gasteiger partial charge in [-0.3, -0.25) is 4.79 Å². The number of carboxylic acids is 1. The number of carboxylic acid groups (broad SMARTS) is 1. The predicted molar refractivity (Wildman–Crippen MR) is 71.4 cm³/mol. The first-order valence-corrected chi connectivity index (χ1v) is 6.64. The lowest BCUT2D eigenvalue weighted by atomic mass is 9.86. The number of rotatable bonds is 4. The van der Waals surface area contributed by atoms with Crippen LogP contribution in [0.15, 0.2) is 24.3 Å². The molecule has 0 aromatic heterocycles. The molecule has 2 unspecified atom stereocenters. The van der Waals surface area contributed by atoms with Gasteiger partial charge in [0.2, 0.25) is 0 Å². The van der Waals surface area contributed by atoms with E-state index in [1.165, 1.54) is 0 Å². The number of benzene rings is 1. The Hall–Kier alpha value is -1.86. The minimum Gasteiger partial charge on any atom is -0.481 e. The number of hydrogen-bond acceptors (Lipinski definition) is 3. The highest BCUT2D eigenvalue weighted by atomic mass is 16.4. The van der Waals surface area contributed by atoms with Crippen molar-refractivity contribution in [2.45, 2.75) is 38.3 Å². The summed E-state index contributed by atoms with van der Waals surface area (Å²) in [7, 11) is 0. The van der Waals surface area contributed by atoms with Crippen molar-refractivity contribution in [3.05, 3.63) is 35.4 Å². The maximum Gasteiger partial charge on any atom is 0.306 e. The van der Waals surface area contributed by atoms with Gasteiger partial charge in [-0.1, -0.05) is 18.6 Å². The first-order chi connectivity index (χ1) is 9.19. The number of nitriles is 1. The number of hydrogen-bond donors (Lipinski definition) is 2. The van der Waals surface area contributed by atoms with E-state index in [2.05, 4.69) is 11.4 Å². The third-order valence-corrected chi connectivity index (χ3v) is 3.70. The van der Waals surface area contributed by atoms with Crippen LogP contribution >= 0.6 is 0 Å². The first-order valence-electron chi connectivity index (χ1n) is 6.64. The smallest absolute Gasteiger partial charge is 0.306 e. The Bertz CT molecular complexity index is 476. The van der Waals surface area contributed by atoms with E-state index in [4.69, 9.17) is 10.4 Å². The van der Waals surface area contributed by atoms with Crippen molar-refractivity contribution < 1.29 is 9.90 Å². The molecule has 0 spiro atoms. The van der Waals surface area contributed by atoms with Crippen molar-refractivity contribution in [3.63, 3.8) is 0 Å². The second-order valence-corrected chi connectivity index (χ2v) is 5.09. The van der Waals surface area contributed by atoms with Gasteiger partial charge in [0.25, 0.3) is 0 Å². The number of nitrogens with one attached hydrogen (secondary N) is 1. The largest absolute Gasteiger partial charge is 0.481 e. The maximum atomic E-state index is 11.0. The van der Waals surface area contributed by atoms with Gasteiger partial charge >= 0.3 is 5.97 Å². The molecule has 1 aliphatic rings. The zero-order valence-electron chi connectivity index (χ0n) is 10.8. The van der Waals surface area contributed by atoms with Crippen molar-refractivity contribution in [1.82, 2.24) is 5.32 Å². The molecular weight excluding hydrogens is 240 g/mol. The summed E-state index contributed by atoms with van der Waals surface area (Å²) in [6, 6.07) is 9.85. The van der Waals surface area contributed by atoms with Crippen LogP contribution in [-0.4, -0.2) is 17.1 Å². The van der Waals surface area contributed by atoms with Crippen LogP contribution < -0.4 is 5.32 Å². The van der Waals surface area contributed by atoms with E-state index in [1.54, 1.807) is 12.1 Å². The van der Waals surface area contributed by atoms with Crippen LogP contribution in [0.4, 0.5) is 0 Å². The van der Waals surface area contributed by atoms with Gasteiger partial charge in [-0.2, -0.15) is 5.26 Å². The fraction of sp³-hybridized carbons (Fsp3) is 0.467. The molecule has 1 aromatic carbocycles. The molecule has 0 radical (unpaired) electrons. The van der Waals surface area contributed by atoms with Crippen LogP contribution in [0, 0.1) is 17.2 Å². The summed E-state index contributed by atoms with van der Waals surface area (Å²) in [5, 5.41) is 21.2. The third kappa shape index (κ3) is 3.80. The minimum atomic E-state index is -0.676. The highest BCUT2D eigenvalue weighted by Crippen LogP contribution is 2.24. The van der Waals surface area contributed by atoms with E-state index >= 15 is 0 Å². The molecule has 0 heterocycles. The summed E-state index contributed by atoms with van der Waals surface area (Å²) >= 11 is 0. The average Bonchev–Trinajstić information content (AvgIpc) is 2.46. The lowest BCUT2D eigenvalue weighted by Crippen LogP contribution is -2.36. The summed E-state index contributed by atoms with van der Waals surface area (Å²) in [6.45, 7) is 0.725. The van der Waals surface area contributed by atoms with Crippen LogP contribution in [0.5, 0.6) is 0 Å². The number of carbonyl (C=O) groups is 1. The van der Waals surface area contributed by atoms with Crippen molar-refractivity contribution in [3.8, 4) is 6.07 Å².